The number of carbonyl (C=O) groups excluding carboxylic acids is 2. The summed E-state index contributed by atoms with van der Waals surface area (Å²) in [5, 5.41) is 8.93. The number of nitrogens with two attached hydrogens (primary N) is 1. The quantitative estimate of drug-likeness (QED) is 0.671. The summed E-state index contributed by atoms with van der Waals surface area (Å²) in [4.78, 5) is 27.7. The third kappa shape index (κ3) is 2.49. The van der Waals surface area contributed by atoms with Crippen molar-refractivity contribution in [2.75, 3.05) is 26.2 Å². The van der Waals surface area contributed by atoms with Gasteiger partial charge in [0.25, 0.3) is 0 Å². The second-order valence-electron chi connectivity index (χ2n) is 5.01. The lowest BCUT2D eigenvalue weighted by molar-refractivity contribution is -0.144. The average molecular weight is 255 g/mol. The summed E-state index contributed by atoms with van der Waals surface area (Å²) in [6.45, 7) is 1.78. The van der Waals surface area contributed by atoms with Crippen LogP contribution in [0.25, 0.3) is 0 Å². The molecule has 0 spiro atoms. The number of aliphatic hydroxyl groups is 1. The van der Waals surface area contributed by atoms with Gasteiger partial charge in [-0.3, -0.25) is 9.59 Å². The minimum atomic E-state index is -0.906. The van der Waals surface area contributed by atoms with Gasteiger partial charge in [-0.1, -0.05) is 0 Å². The van der Waals surface area contributed by atoms with Gasteiger partial charge in [0, 0.05) is 19.6 Å². The van der Waals surface area contributed by atoms with Crippen molar-refractivity contribution in [3.05, 3.63) is 0 Å². The predicted octanol–water partition coefficient (Wildman–Crippen LogP) is -1.08. The molecule has 0 aromatic heterocycles. The van der Waals surface area contributed by atoms with Crippen LogP contribution in [0.15, 0.2) is 0 Å². The molecule has 2 amide bonds. The molecule has 0 aromatic rings. The predicted molar refractivity (Wildman–Crippen MR) is 65.6 cm³/mol. The monoisotopic (exact) mass is 255 g/mol. The molecule has 2 saturated heterocycles. The Labute approximate surface area is 107 Å². The summed E-state index contributed by atoms with van der Waals surface area (Å²) in [5.74, 6) is -0.268. The number of likely N-dealkylation sites (tertiary alicyclic amines) is 2. The molecule has 2 aliphatic heterocycles. The zero-order valence-electron chi connectivity index (χ0n) is 10.5. The van der Waals surface area contributed by atoms with Crippen molar-refractivity contribution in [2.24, 2.45) is 5.73 Å². The van der Waals surface area contributed by atoms with Gasteiger partial charge in [-0.05, 0) is 25.7 Å². The summed E-state index contributed by atoms with van der Waals surface area (Å²) < 4.78 is 0. The molecule has 2 rings (SSSR count). The highest BCUT2D eigenvalue weighted by Gasteiger charge is 2.38. The Morgan fingerprint density at radius 2 is 1.89 bits per heavy atom. The largest absolute Gasteiger partial charge is 0.394 e. The Bertz CT molecular complexity index is 329. The molecule has 18 heavy (non-hydrogen) atoms. The number of carbonyl (C=O) groups is 2. The zero-order valence-corrected chi connectivity index (χ0v) is 10.5. The summed E-state index contributed by atoms with van der Waals surface area (Å²) >= 11 is 0. The third-order valence-electron chi connectivity index (χ3n) is 3.75. The van der Waals surface area contributed by atoms with Crippen LogP contribution in [0.3, 0.4) is 0 Å². The SMILES string of the molecule is NC(CO)C(=O)N1CCC[C@H]1C(=O)N1CCCC1. The second-order valence-corrected chi connectivity index (χ2v) is 5.01. The molecule has 0 radical (unpaired) electrons. The Balaban J connectivity index is 2.02. The van der Waals surface area contributed by atoms with Crippen molar-refractivity contribution in [1.82, 2.24) is 9.80 Å². The fraction of sp³-hybridized carbons (Fsp3) is 0.833. The molecule has 3 N–H and O–H groups in total. The summed E-state index contributed by atoms with van der Waals surface area (Å²) in [5.41, 5.74) is 5.55. The first kappa shape index (κ1) is 13.3. The van der Waals surface area contributed by atoms with Crippen molar-refractivity contribution in [1.29, 1.82) is 0 Å². The molecule has 6 heteroatoms. The third-order valence-corrected chi connectivity index (χ3v) is 3.75. The molecule has 2 atom stereocenters. The summed E-state index contributed by atoms with van der Waals surface area (Å²) in [7, 11) is 0. The van der Waals surface area contributed by atoms with Gasteiger partial charge < -0.3 is 20.6 Å². The molecule has 2 heterocycles. The highest BCUT2D eigenvalue weighted by Crippen LogP contribution is 2.22. The van der Waals surface area contributed by atoms with Crippen LogP contribution in [0.1, 0.15) is 25.7 Å². The lowest BCUT2D eigenvalue weighted by atomic mass is 10.1. The average Bonchev–Trinajstić information content (AvgIpc) is 3.06. The van der Waals surface area contributed by atoms with Crippen molar-refractivity contribution in [2.45, 2.75) is 37.8 Å². The van der Waals surface area contributed by atoms with Crippen LogP contribution >= 0.6 is 0 Å². The van der Waals surface area contributed by atoms with Crippen molar-refractivity contribution >= 4 is 11.8 Å². The highest BCUT2D eigenvalue weighted by molar-refractivity contribution is 5.90. The minimum absolute atomic E-state index is 0.0449. The van der Waals surface area contributed by atoms with Crippen LogP contribution in [0.4, 0.5) is 0 Å². The normalized spacial score (nSPS) is 25.6. The van der Waals surface area contributed by atoms with E-state index in [1.165, 1.54) is 0 Å². The van der Waals surface area contributed by atoms with E-state index in [1.54, 1.807) is 4.90 Å². The Kier molecular flexibility index (Phi) is 4.19. The Hall–Kier alpha value is -1.14. The Morgan fingerprint density at radius 3 is 2.50 bits per heavy atom. The van der Waals surface area contributed by atoms with Crippen LogP contribution in [0, 0.1) is 0 Å². The topological polar surface area (TPSA) is 86.9 Å². The molecule has 6 nitrogen and oxygen atoms in total. The van der Waals surface area contributed by atoms with Gasteiger partial charge in [0.1, 0.15) is 12.1 Å². The fourth-order valence-corrected chi connectivity index (χ4v) is 2.73. The van der Waals surface area contributed by atoms with E-state index in [4.69, 9.17) is 10.8 Å². The molecule has 0 bridgehead atoms. The first-order valence-corrected chi connectivity index (χ1v) is 6.61. The lowest BCUT2D eigenvalue weighted by Crippen LogP contribution is -2.52. The van der Waals surface area contributed by atoms with Crippen LogP contribution in [-0.4, -0.2) is 65.0 Å². The number of hydrogen-bond acceptors (Lipinski definition) is 4. The van der Waals surface area contributed by atoms with E-state index < -0.39 is 6.04 Å². The number of rotatable bonds is 3. The number of amides is 2. The van der Waals surface area contributed by atoms with Gasteiger partial charge in [-0.2, -0.15) is 0 Å². The van der Waals surface area contributed by atoms with Gasteiger partial charge in [0.05, 0.1) is 6.61 Å². The molecule has 2 fully saturated rings. The van der Waals surface area contributed by atoms with E-state index in [0.29, 0.717) is 13.0 Å². The van der Waals surface area contributed by atoms with E-state index in [9.17, 15) is 9.59 Å². The van der Waals surface area contributed by atoms with E-state index in [1.807, 2.05) is 4.90 Å². The van der Waals surface area contributed by atoms with E-state index in [2.05, 4.69) is 0 Å². The highest BCUT2D eigenvalue weighted by atomic mass is 16.3. The van der Waals surface area contributed by atoms with Gasteiger partial charge in [-0.15, -0.1) is 0 Å². The summed E-state index contributed by atoms with van der Waals surface area (Å²) in [6, 6.07) is -1.27. The van der Waals surface area contributed by atoms with Crippen LogP contribution in [0.5, 0.6) is 0 Å². The smallest absolute Gasteiger partial charge is 0.245 e. The molecule has 0 aliphatic carbocycles. The maximum atomic E-state index is 12.3. The first-order chi connectivity index (χ1) is 8.65. The van der Waals surface area contributed by atoms with E-state index in [-0.39, 0.29) is 24.5 Å². The number of aliphatic hydroxyl groups excluding tert-OH is 1. The van der Waals surface area contributed by atoms with Crippen molar-refractivity contribution in [3.8, 4) is 0 Å². The molecule has 102 valence electrons. The van der Waals surface area contributed by atoms with Gasteiger partial charge in [0.15, 0.2) is 0 Å². The molecule has 0 saturated carbocycles. The number of nitrogens with zero attached hydrogens (tertiary/aromatic N) is 2. The maximum Gasteiger partial charge on any atom is 0.245 e. The van der Waals surface area contributed by atoms with Crippen molar-refractivity contribution < 1.29 is 14.7 Å². The second kappa shape index (κ2) is 5.67. The van der Waals surface area contributed by atoms with E-state index in [0.717, 1.165) is 32.4 Å². The molecule has 0 aromatic carbocycles. The standard InChI is InChI=1S/C12H21N3O3/c13-9(8-16)11(17)15-7-3-4-10(15)12(18)14-5-1-2-6-14/h9-10,16H,1-8,13H2/t9?,10-/m0/s1. The number of hydrogen-bond donors (Lipinski definition) is 2. The van der Waals surface area contributed by atoms with E-state index >= 15 is 0 Å². The lowest BCUT2D eigenvalue weighted by Gasteiger charge is -2.29. The summed E-state index contributed by atoms with van der Waals surface area (Å²) in [6.07, 6.45) is 3.62. The molecule has 1 unspecified atom stereocenters. The minimum Gasteiger partial charge on any atom is -0.394 e. The molecule has 2 aliphatic rings. The fourth-order valence-electron chi connectivity index (χ4n) is 2.73. The van der Waals surface area contributed by atoms with Crippen LogP contribution in [0.2, 0.25) is 0 Å². The molecular formula is C12H21N3O3. The van der Waals surface area contributed by atoms with Gasteiger partial charge in [-0.25, -0.2) is 0 Å². The first-order valence-electron chi connectivity index (χ1n) is 6.61. The molecular weight excluding hydrogens is 234 g/mol. The van der Waals surface area contributed by atoms with Crippen LogP contribution < -0.4 is 5.73 Å². The van der Waals surface area contributed by atoms with Gasteiger partial charge in [0.2, 0.25) is 11.8 Å². The van der Waals surface area contributed by atoms with Crippen LogP contribution in [-0.2, 0) is 9.59 Å². The maximum absolute atomic E-state index is 12.3. The Morgan fingerprint density at radius 1 is 1.22 bits per heavy atom. The van der Waals surface area contributed by atoms with Crippen molar-refractivity contribution in [3.63, 3.8) is 0 Å². The van der Waals surface area contributed by atoms with Gasteiger partial charge >= 0.3 is 0 Å². The zero-order chi connectivity index (χ0) is 13.1.